The zero-order valence-electron chi connectivity index (χ0n) is 17.1. The van der Waals surface area contributed by atoms with Gasteiger partial charge in [0.1, 0.15) is 15.6 Å². The summed E-state index contributed by atoms with van der Waals surface area (Å²) in [5, 5.41) is 4.57. The van der Waals surface area contributed by atoms with E-state index in [0.29, 0.717) is 25.9 Å². The van der Waals surface area contributed by atoms with Gasteiger partial charge in [-0.2, -0.15) is 4.31 Å². The molecule has 166 valence electrons. The summed E-state index contributed by atoms with van der Waals surface area (Å²) in [6.45, 7) is 0.671. The van der Waals surface area contributed by atoms with Gasteiger partial charge in [0.05, 0.1) is 6.04 Å². The first-order valence-corrected chi connectivity index (χ1v) is 13.6. The minimum absolute atomic E-state index is 0.0315. The Kier molecular flexibility index (Phi) is 5.83. The molecule has 2 aliphatic heterocycles. The largest absolute Gasteiger partial charge is 0.344 e. The van der Waals surface area contributed by atoms with Crippen LogP contribution >= 0.6 is 23.1 Å². The molecule has 1 N–H and O–H groups in total. The van der Waals surface area contributed by atoms with Gasteiger partial charge in [-0.05, 0) is 59.2 Å². The lowest BCUT2D eigenvalue weighted by Crippen LogP contribution is -2.37. The molecule has 0 radical (unpaired) electrons. The van der Waals surface area contributed by atoms with E-state index in [1.165, 1.54) is 22.5 Å². The number of benzene rings is 2. The second kappa shape index (κ2) is 8.62. The first-order valence-electron chi connectivity index (χ1n) is 10.3. The molecular formula is C23H21FN2O3S3. The summed E-state index contributed by atoms with van der Waals surface area (Å²) >= 11 is 2.74. The molecule has 2 aliphatic rings. The molecular weight excluding hydrogens is 467 g/mol. The van der Waals surface area contributed by atoms with E-state index in [-0.39, 0.29) is 21.6 Å². The Labute approximate surface area is 194 Å². The molecule has 2 aromatic carbocycles. The lowest BCUT2D eigenvalue weighted by molar-refractivity contribution is 0.0936. The molecule has 5 rings (SSSR count). The van der Waals surface area contributed by atoms with Crippen molar-refractivity contribution < 1.29 is 17.6 Å². The molecule has 5 nitrogen and oxygen atoms in total. The second-order valence-corrected chi connectivity index (χ2v) is 11.8. The van der Waals surface area contributed by atoms with Crippen LogP contribution in [-0.2, 0) is 23.0 Å². The van der Waals surface area contributed by atoms with Crippen LogP contribution in [0.5, 0.6) is 0 Å². The van der Waals surface area contributed by atoms with Gasteiger partial charge in [0.2, 0.25) is 10.0 Å². The van der Waals surface area contributed by atoms with E-state index in [1.54, 1.807) is 23.2 Å². The van der Waals surface area contributed by atoms with Gasteiger partial charge in [0.15, 0.2) is 0 Å². The Balaban J connectivity index is 1.39. The highest BCUT2D eigenvalue weighted by molar-refractivity contribution is 7.99. The molecule has 3 aromatic rings. The van der Waals surface area contributed by atoms with Gasteiger partial charge in [0, 0.05) is 23.7 Å². The van der Waals surface area contributed by atoms with Crippen LogP contribution in [0, 0.1) is 5.82 Å². The Morgan fingerprint density at radius 2 is 1.94 bits per heavy atom. The predicted molar refractivity (Wildman–Crippen MR) is 124 cm³/mol. The quantitative estimate of drug-likeness (QED) is 0.583. The molecule has 0 spiro atoms. The summed E-state index contributed by atoms with van der Waals surface area (Å²) in [4.78, 5) is 14.3. The molecule has 1 unspecified atom stereocenters. The third-order valence-corrected chi connectivity index (χ3v) is 9.92. The van der Waals surface area contributed by atoms with Gasteiger partial charge >= 0.3 is 0 Å². The van der Waals surface area contributed by atoms with Crippen molar-refractivity contribution in [2.24, 2.45) is 0 Å². The Hall–Kier alpha value is -2.20. The number of rotatable bonds is 4. The van der Waals surface area contributed by atoms with Crippen LogP contribution in [0.2, 0.25) is 0 Å². The van der Waals surface area contributed by atoms with Crippen molar-refractivity contribution in [3.63, 3.8) is 0 Å². The van der Waals surface area contributed by atoms with Gasteiger partial charge in [-0.25, -0.2) is 12.8 Å². The highest BCUT2D eigenvalue weighted by Gasteiger charge is 2.33. The maximum Gasteiger partial charge on any atom is 0.263 e. The van der Waals surface area contributed by atoms with Crippen molar-refractivity contribution in [1.82, 2.24) is 9.62 Å². The molecule has 0 fully saturated rings. The molecule has 3 heterocycles. The number of carbonyl (C=O) groups excluding carboxylic acids is 1. The van der Waals surface area contributed by atoms with Crippen LogP contribution in [0.1, 0.15) is 38.8 Å². The monoisotopic (exact) mass is 488 g/mol. The van der Waals surface area contributed by atoms with Crippen LogP contribution in [-0.4, -0.2) is 30.9 Å². The van der Waals surface area contributed by atoms with Crippen molar-refractivity contribution in [2.45, 2.75) is 35.2 Å². The Morgan fingerprint density at radius 1 is 1.12 bits per heavy atom. The molecule has 0 saturated carbocycles. The van der Waals surface area contributed by atoms with Gasteiger partial charge < -0.3 is 5.32 Å². The smallest absolute Gasteiger partial charge is 0.263 e. The number of sulfonamides is 1. The van der Waals surface area contributed by atoms with E-state index in [9.17, 15) is 17.6 Å². The summed E-state index contributed by atoms with van der Waals surface area (Å²) < 4.78 is 42.1. The van der Waals surface area contributed by atoms with E-state index in [0.717, 1.165) is 38.7 Å². The molecule has 32 heavy (non-hydrogen) atoms. The number of thiophene rings is 1. The lowest BCUT2D eigenvalue weighted by Gasteiger charge is -2.28. The number of amides is 1. The van der Waals surface area contributed by atoms with Gasteiger partial charge in [-0.1, -0.05) is 24.3 Å². The third kappa shape index (κ3) is 3.98. The topological polar surface area (TPSA) is 66.5 Å². The van der Waals surface area contributed by atoms with Crippen molar-refractivity contribution in [3.8, 4) is 0 Å². The molecule has 1 aromatic heterocycles. The van der Waals surface area contributed by atoms with Gasteiger partial charge in [-0.3, -0.25) is 4.79 Å². The number of fused-ring (bicyclic) bond motifs is 2. The fourth-order valence-corrected chi connectivity index (χ4v) is 8.05. The maximum absolute atomic E-state index is 13.8. The first-order chi connectivity index (χ1) is 15.4. The van der Waals surface area contributed by atoms with E-state index in [4.69, 9.17) is 0 Å². The van der Waals surface area contributed by atoms with E-state index < -0.39 is 15.9 Å². The Bertz CT molecular complexity index is 1290. The van der Waals surface area contributed by atoms with Crippen LogP contribution < -0.4 is 5.32 Å². The number of halogens is 1. The molecule has 1 amide bonds. The first kappa shape index (κ1) is 21.6. The average molecular weight is 489 g/mol. The minimum Gasteiger partial charge on any atom is -0.344 e. The maximum atomic E-state index is 13.8. The van der Waals surface area contributed by atoms with Crippen LogP contribution in [0.15, 0.2) is 63.7 Å². The number of thioether (sulfide) groups is 1. The highest BCUT2D eigenvalue weighted by atomic mass is 32.2. The van der Waals surface area contributed by atoms with Crippen molar-refractivity contribution in [3.05, 3.63) is 81.3 Å². The van der Waals surface area contributed by atoms with Gasteiger partial charge in [0.25, 0.3) is 5.91 Å². The summed E-state index contributed by atoms with van der Waals surface area (Å²) in [5.74, 6) is 0.00480. The standard InChI is InChI=1S/C23H21FN2O3S3/c24-17-5-6-20-18(13-17)19(8-11-30-20)25-23(27)22-21(9-12-31-22)32(28,29)26-10-7-15-3-1-2-4-16(15)14-26/h1-6,9,12-13,19H,7-8,10-11,14H2,(H,25,27). The third-order valence-electron chi connectivity index (χ3n) is 5.87. The van der Waals surface area contributed by atoms with Crippen LogP contribution in [0.4, 0.5) is 4.39 Å². The second-order valence-electron chi connectivity index (χ2n) is 7.82. The SMILES string of the molecule is O=C(NC1CCSc2ccc(F)cc21)c1sccc1S(=O)(=O)N1CCc2ccccc2C1. The van der Waals surface area contributed by atoms with Crippen LogP contribution in [0.25, 0.3) is 0 Å². The normalized spacial score (nSPS) is 18.6. The molecule has 0 saturated heterocycles. The molecule has 9 heteroatoms. The zero-order valence-corrected chi connectivity index (χ0v) is 19.5. The lowest BCUT2D eigenvalue weighted by atomic mass is 10.0. The number of nitrogens with zero attached hydrogens (tertiary/aromatic N) is 1. The number of hydrogen-bond acceptors (Lipinski definition) is 5. The predicted octanol–water partition coefficient (Wildman–Crippen LogP) is 4.60. The Morgan fingerprint density at radius 3 is 2.78 bits per heavy atom. The highest BCUT2D eigenvalue weighted by Crippen LogP contribution is 2.37. The number of carbonyl (C=O) groups is 1. The summed E-state index contributed by atoms with van der Waals surface area (Å²) in [5.41, 5.74) is 2.88. The summed E-state index contributed by atoms with van der Waals surface area (Å²) in [7, 11) is -3.83. The molecule has 0 bridgehead atoms. The minimum atomic E-state index is -3.83. The van der Waals surface area contributed by atoms with Gasteiger partial charge in [-0.15, -0.1) is 23.1 Å². The molecule has 0 aliphatic carbocycles. The summed E-state index contributed by atoms with van der Waals surface area (Å²) in [6.07, 6.45) is 1.30. The van der Waals surface area contributed by atoms with Crippen LogP contribution in [0.3, 0.4) is 0 Å². The number of nitrogens with one attached hydrogen (secondary N) is 1. The summed E-state index contributed by atoms with van der Waals surface area (Å²) in [6, 6.07) is 13.6. The average Bonchev–Trinajstić information content (AvgIpc) is 3.30. The van der Waals surface area contributed by atoms with E-state index >= 15 is 0 Å². The van der Waals surface area contributed by atoms with E-state index in [1.807, 2.05) is 24.3 Å². The van der Waals surface area contributed by atoms with Crippen molar-refractivity contribution in [2.75, 3.05) is 12.3 Å². The fourth-order valence-electron chi connectivity index (χ4n) is 4.22. The van der Waals surface area contributed by atoms with Crippen molar-refractivity contribution in [1.29, 1.82) is 0 Å². The van der Waals surface area contributed by atoms with E-state index in [2.05, 4.69) is 5.32 Å². The number of hydrogen-bond donors (Lipinski definition) is 1. The fraction of sp³-hybridized carbons (Fsp3) is 0.261. The van der Waals surface area contributed by atoms with Crippen molar-refractivity contribution >= 4 is 39.0 Å². The molecule has 1 atom stereocenters. The zero-order chi connectivity index (χ0) is 22.3.